The number of urea groups is 1. The molecule has 0 spiro atoms. The number of rotatable bonds is 31. The zero-order chi connectivity index (χ0) is 44.3. The Bertz CT molecular complexity index is 1570. The molecule has 2 atom stereocenters. The van der Waals surface area contributed by atoms with Crippen molar-refractivity contribution in [3.8, 4) is 0 Å². The summed E-state index contributed by atoms with van der Waals surface area (Å²) in [4.78, 5) is 98.3. The quantitative estimate of drug-likeness (QED) is 0.0334. The number of esters is 1. The maximum Gasteiger partial charge on any atom is 0.312 e. The highest BCUT2D eigenvalue weighted by Crippen LogP contribution is 2.13. The largest absolute Gasteiger partial charge is 0.461 e. The zero-order valence-corrected chi connectivity index (χ0v) is 34.9. The number of hydrogen-bond donors (Lipinski definition) is 6. The Hall–Kier alpha value is -5.44. The van der Waals surface area contributed by atoms with Gasteiger partial charge in [-0.05, 0) is 36.5 Å². The van der Waals surface area contributed by atoms with Crippen molar-refractivity contribution in [2.45, 2.75) is 72.1 Å². The number of nitrogens with one attached hydrogen (secondary N) is 5. The van der Waals surface area contributed by atoms with Gasteiger partial charge in [0.1, 0.15) is 18.7 Å². The number of benzene rings is 1. The summed E-state index contributed by atoms with van der Waals surface area (Å²) in [5, 5.41) is 13.3. The minimum atomic E-state index is -1.01. The molecule has 1 aliphatic rings. The van der Waals surface area contributed by atoms with Gasteiger partial charge in [-0.2, -0.15) is 0 Å². The van der Waals surface area contributed by atoms with Crippen LogP contribution in [0, 0.1) is 11.8 Å². The Kier molecular flexibility index (Phi) is 24.4. The lowest BCUT2D eigenvalue weighted by molar-refractivity contribution is -0.148. The third-order valence-corrected chi connectivity index (χ3v) is 8.56. The van der Waals surface area contributed by atoms with Crippen LogP contribution in [0.4, 0.5) is 10.5 Å². The lowest BCUT2D eigenvalue weighted by atomic mass is 10.0. The Labute approximate surface area is 350 Å². The minimum absolute atomic E-state index is 0.0105. The van der Waals surface area contributed by atoms with Gasteiger partial charge >= 0.3 is 12.0 Å². The highest BCUT2D eigenvalue weighted by atomic mass is 16.6. The lowest BCUT2D eigenvalue weighted by Crippen LogP contribution is -2.54. The fraction of sp³-hybridized carbons (Fsp3) is 0.600. The highest BCUT2D eigenvalue weighted by molar-refractivity contribution is 6.13. The second kappa shape index (κ2) is 28.9. The van der Waals surface area contributed by atoms with Gasteiger partial charge in [0.25, 0.3) is 11.8 Å². The van der Waals surface area contributed by atoms with E-state index in [4.69, 9.17) is 29.4 Å². The Morgan fingerprint density at radius 3 is 1.83 bits per heavy atom. The zero-order valence-electron chi connectivity index (χ0n) is 34.9. The van der Waals surface area contributed by atoms with Gasteiger partial charge in [0.2, 0.25) is 23.6 Å². The van der Waals surface area contributed by atoms with Gasteiger partial charge in [0.15, 0.2) is 0 Å². The Morgan fingerprint density at radius 1 is 0.683 bits per heavy atom. The molecule has 20 heteroatoms. The molecule has 0 radical (unpaired) electrons. The first-order chi connectivity index (χ1) is 28.7. The number of imide groups is 1. The molecule has 2 rings (SSSR count). The first-order valence-corrected chi connectivity index (χ1v) is 20.0. The first-order valence-electron chi connectivity index (χ1n) is 20.0. The molecule has 7 N–H and O–H groups in total. The van der Waals surface area contributed by atoms with Gasteiger partial charge in [-0.1, -0.05) is 39.8 Å². The van der Waals surface area contributed by atoms with Crippen LogP contribution in [0.25, 0.3) is 0 Å². The molecule has 0 aliphatic carbocycles. The smallest absolute Gasteiger partial charge is 0.312 e. The minimum Gasteiger partial charge on any atom is -0.461 e. The van der Waals surface area contributed by atoms with Gasteiger partial charge in [-0.15, -0.1) is 0 Å². The predicted octanol–water partition coefficient (Wildman–Crippen LogP) is 0.286. The second-order valence-electron chi connectivity index (χ2n) is 14.2. The number of ether oxygens (including phenoxy) is 5. The van der Waals surface area contributed by atoms with Crippen LogP contribution in [0.2, 0.25) is 0 Å². The maximum atomic E-state index is 13.4. The van der Waals surface area contributed by atoms with Crippen molar-refractivity contribution < 1.29 is 62.0 Å². The molecule has 8 amide bonds. The molecule has 0 saturated carbocycles. The average Bonchev–Trinajstić information content (AvgIpc) is 3.53. The molecular formula is C40H61N7O13. The first kappa shape index (κ1) is 50.7. The van der Waals surface area contributed by atoms with E-state index in [0.717, 1.165) is 10.5 Å². The number of nitrogens with two attached hydrogens (primary N) is 1. The van der Waals surface area contributed by atoms with E-state index >= 15 is 0 Å². The van der Waals surface area contributed by atoms with Crippen molar-refractivity contribution >= 4 is 53.1 Å². The van der Waals surface area contributed by atoms with E-state index in [1.54, 1.807) is 52.0 Å². The molecule has 334 valence electrons. The van der Waals surface area contributed by atoms with Crippen LogP contribution in [0.15, 0.2) is 36.4 Å². The van der Waals surface area contributed by atoms with Crippen LogP contribution in [0.3, 0.4) is 0 Å². The molecule has 0 fully saturated rings. The summed E-state index contributed by atoms with van der Waals surface area (Å²) in [6.45, 7) is 9.68. The van der Waals surface area contributed by atoms with Gasteiger partial charge in [-0.3, -0.25) is 38.5 Å². The summed E-state index contributed by atoms with van der Waals surface area (Å²) in [6, 6.07) is 4.03. The van der Waals surface area contributed by atoms with Crippen LogP contribution >= 0.6 is 0 Å². The molecule has 0 aromatic heterocycles. The van der Waals surface area contributed by atoms with Crippen LogP contribution in [0.5, 0.6) is 0 Å². The summed E-state index contributed by atoms with van der Waals surface area (Å²) in [5.41, 5.74) is 6.33. The molecular weight excluding hydrogens is 786 g/mol. The van der Waals surface area contributed by atoms with E-state index in [2.05, 4.69) is 26.6 Å². The van der Waals surface area contributed by atoms with Gasteiger partial charge in [-0.25, -0.2) is 4.79 Å². The molecule has 0 saturated heterocycles. The normalized spacial score (nSPS) is 13.3. The summed E-state index contributed by atoms with van der Waals surface area (Å²) in [5.74, 6) is -3.53. The highest BCUT2D eigenvalue weighted by Gasteiger charge is 2.29. The third-order valence-electron chi connectivity index (χ3n) is 8.56. The summed E-state index contributed by atoms with van der Waals surface area (Å²) >= 11 is 0. The number of hydrogen-bond acceptors (Lipinski definition) is 13. The predicted molar refractivity (Wildman–Crippen MR) is 217 cm³/mol. The van der Waals surface area contributed by atoms with Crippen molar-refractivity contribution in [3.05, 3.63) is 42.0 Å². The molecule has 1 aliphatic heterocycles. The fourth-order valence-electron chi connectivity index (χ4n) is 5.21. The number of primary amides is 1. The van der Waals surface area contributed by atoms with Crippen LogP contribution in [-0.2, 0) is 63.9 Å². The van der Waals surface area contributed by atoms with Crippen molar-refractivity contribution in [2.24, 2.45) is 17.6 Å². The van der Waals surface area contributed by atoms with Crippen molar-refractivity contribution in [2.75, 3.05) is 77.8 Å². The molecule has 0 unspecified atom stereocenters. The fourth-order valence-corrected chi connectivity index (χ4v) is 5.21. The molecule has 60 heavy (non-hydrogen) atoms. The van der Waals surface area contributed by atoms with Crippen molar-refractivity contribution in [3.63, 3.8) is 0 Å². The van der Waals surface area contributed by atoms with E-state index < -0.39 is 47.7 Å². The number of amides is 8. The molecule has 1 aromatic rings. The molecule has 20 nitrogen and oxygen atoms in total. The van der Waals surface area contributed by atoms with E-state index in [1.165, 1.54) is 12.2 Å². The average molecular weight is 848 g/mol. The van der Waals surface area contributed by atoms with Crippen LogP contribution < -0.4 is 32.3 Å². The topological polar surface area (TPSA) is 272 Å². The summed E-state index contributed by atoms with van der Waals surface area (Å²) in [7, 11) is 0. The van der Waals surface area contributed by atoms with Gasteiger partial charge in [0, 0.05) is 50.3 Å². The molecule has 1 heterocycles. The number of carbonyl (C=O) groups excluding carboxylic acids is 8. The van der Waals surface area contributed by atoms with Crippen LogP contribution in [-0.4, -0.2) is 137 Å². The van der Waals surface area contributed by atoms with Crippen LogP contribution in [0.1, 0.15) is 58.9 Å². The third kappa shape index (κ3) is 21.5. The van der Waals surface area contributed by atoms with Crippen molar-refractivity contribution in [1.82, 2.24) is 26.2 Å². The standard InChI is InChI=1S/C40H61N7O13/c1-27(2)36(38(53)45-31(6-5-15-43-40(41)55)37(52)44-30-9-7-29(8-10-30)26-60-39(54)28(3)4)46-33(49)14-18-56-20-22-58-24-25-59-23-21-57-19-16-42-32(48)13-17-47-34(50)11-12-35(47)51/h7-12,27-28,31,36H,5-6,13-26H2,1-4H3,(H,42,48)(H,44,52)(H,45,53)(H,46,49)(H3,41,43,55)/t31-,36-/m1/s1. The summed E-state index contributed by atoms with van der Waals surface area (Å²) in [6.07, 6.45) is 2.82. The monoisotopic (exact) mass is 847 g/mol. The van der Waals surface area contributed by atoms with E-state index in [0.29, 0.717) is 38.5 Å². The van der Waals surface area contributed by atoms with E-state index in [-0.39, 0.29) is 95.6 Å². The maximum absolute atomic E-state index is 13.4. The Balaban J connectivity index is 1.62. The van der Waals surface area contributed by atoms with Gasteiger partial charge in [0.05, 0.1) is 58.8 Å². The van der Waals surface area contributed by atoms with E-state index in [9.17, 15) is 38.4 Å². The van der Waals surface area contributed by atoms with Gasteiger partial charge < -0.3 is 56.0 Å². The van der Waals surface area contributed by atoms with Crippen molar-refractivity contribution in [1.29, 1.82) is 0 Å². The number of nitrogens with zero attached hydrogens (tertiary/aromatic N) is 1. The number of carbonyl (C=O) groups is 8. The lowest BCUT2D eigenvalue weighted by Gasteiger charge is -2.25. The Morgan fingerprint density at radius 2 is 1.27 bits per heavy atom. The molecule has 0 bridgehead atoms. The van der Waals surface area contributed by atoms with E-state index in [1.807, 2.05) is 0 Å². The summed E-state index contributed by atoms with van der Waals surface area (Å²) < 4.78 is 27.0. The molecule has 1 aromatic carbocycles. The second-order valence-corrected chi connectivity index (χ2v) is 14.2. The SMILES string of the molecule is CC(C)C(=O)OCc1ccc(NC(=O)[C@@H](CCCNC(N)=O)NC(=O)[C@H](NC(=O)CCOCCOCCOCCOCCNC(=O)CCN2C(=O)C=CC2=O)C(C)C)cc1. The number of anilines is 1.